The summed E-state index contributed by atoms with van der Waals surface area (Å²) < 4.78 is 54.0. The van der Waals surface area contributed by atoms with Gasteiger partial charge in [0.05, 0.1) is 19.0 Å². The van der Waals surface area contributed by atoms with Crippen molar-refractivity contribution in [2.45, 2.75) is 12.9 Å². The highest BCUT2D eigenvalue weighted by atomic mass is 19.4. The Morgan fingerprint density at radius 1 is 0.854 bits per heavy atom. The van der Waals surface area contributed by atoms with Crippen LogP contribution in [-0.4, -0.2) is 70.8 Å². The summed E-state index contributed by atoms with van der Waals surface area (Å²) >= 11 is 0. The summed E-state index contributed by atoms with van der Waals surface area (Å²) in [5, 5.41) is 3.48. The molecule has 48 heavy (non-hydrogen) atoms. The lowest BCUT2D eigenvalue weighted by atomic mass is 10.2. The summed E-state index contributed by atoms with van der Waals surface area (Å²) in [6, 6.07) is 23.2. The molecule has 0 saturated carbocycles. The third-order valence-corrected chi connectivity index (χ3v) is 8.02. The summed E-state index contributed by atoms with van der Waals surface area (Å²) in [7, 11) is 3.52. The van der Waals surface area contributed by atoms with Crippen LogP contribution in [0.1, 0.15) is 26.4 Å². The summed E-state index contributed by atoms with van der Waals surface area (Å²) in [5.41, 5.74) is 3.18. The van der Waals surface area contributed by atoms with Crippen LogP contribution in [0.15, 0.2) is 91.1 Å². The van der Waals surface area contributed by atoms with E-state index >= 15 is 0 Å². The fourth-order valence-corrected chi connectivity index (χ4v) is 5.50. The van der Waals surface area contributed by atoms with Gasteiger partial charge in [0.25, 0.3) is 11.8 Å². The summed E-state index contributed by atoms with van der Waals surface area (Å²) in [4.78, 5) is 34.5. The molecule has 1 aliphatic heterocycles. The fourth-order valence-electron chi connectivity index (χ4n) is 5.50. The maximum absolute atomic E-state index is 13.5. The van der Waals surface area contributed by atoms with E-state index in [2.05, 4.69) is 32.1 Å². The number of nitrogens with zero attached hydrogens (tertiary/aromatic N) is 4. The van der Waals surface area contributed by atoms with Gasteiger partial charge in [0.1, 0.15) is 22.9 Å². The third kappa shape index (κ3) is 7.69. The number of anilines is 1. The van der Waals surface area contributed by atoms with E-state index in [1.807, 2.05) is 46.8 Å². The number of halogens is 3. The molecular weight excluding hydrogens is 627 g/mol. The number of carbonyl (C=O) groups is 2. The Bertz CT molecular complexity index is 1900. The minimum absolute atomic E-state index is 0.0230. The summed E-state index contributed by atoms with van der Waals surface area (Å²) in [5.74, 6) is 0.651. The molecule has 3 heterocycles. The van der Waals surface area contributed by atoms with E-state index in [0.29, 0.717) is 30.2 Å². The van der Waals surface area contributed by atoms with Crippen LogP contribution in [0, 0.1) is 0 Å². The van der Waals surface area contributed by atoms with Gasteiger partial charge in [-0.15, -0.1) is 13.2 Å². The Labute approximate surface area is 274 Å². The largest absolute Gasteiger partial charge is 0.573 e. The van der Waals surface area contributed by atoms with Crippen molar-refractivity contribution in [2.75, 3.05) is 38.6 Å². The second-order valence-electron chi connectivity index (χ2n) is 11.2. The van der Waals surface area contributed by atoms with E-state index < -0.39 is 18.0 Å². The van der Waals surface area contributed by atoms with Crippen LogP contribution in [-0.2, 0) is 13.6 Å². The quantitative estimate of drug-likeness (QED) is 0.193. The molecule has 0 aliphatic carbocycles. The number of alkyl halides is 3. The Balaban J connectivity index is 1.04. The average molecular weight is 660 g/mol. The number of ether oxygens (including phenoxy) is 3. The standard InChI is InChI=1S/C35H32F3N5O5/c1-41-30-13-12-29(47-32-14-7-26(21-39-32)40-33(44)24-5-10-28(11-6-24)48-35(36,37)38)19-25(30)20-31(41)34(45)43-17-15-42(16-18-43)22-23-3-8-27(46-2)9-4-23/h3-14,19-21H,15-18,22H2,1-2H3,(H,40,44). The predicted octanol–water partition coefficient (Wildman–Crippen LogP) is 6.48. The molecule has 0 unspecified atom stereocenters. The van der Waals surface area contributed by atoms with Crippen molar-refractivity contribution in [3.63, 3.8) is 0 Å². The Hall–Kier alpha value is -5.56. The number of fused-ring (bicyclic) bond motifs is 1. The van der Waals surface area contributed by atoms with Gasteiger partial charge in [-0.2, -0.15) is 0 Å². The van der Waals surface area contributed by atoms with Crippen molar-refractivity contribution >= 4 is 28.4 Å². The first kappa shape index (κ1) is 32.4. The molecule has 248 valence electrons. The van der Waals surface area contributed by atoms with Crippen molar-refractivity contribution in [1.82, 2.24) is 19.4 Å². The lowest BCUT2D eigenvalue weighted by molar-refractivity contribution is -0.274. The van der Waals surface area contributed by atoms with E-state index in [1.54, 1.807) is 25.3 Å². The first-order valence-corrected chi connectivity index (χ1v) is 15.1. The van der Waals surface area contributed by atoms with Gasteiger partial charge < -0.3 is 29.0 Å². The Kier molecular flexibility index (Phi) is 9.21. The second kappa shape index (κ2) is 13.7. The van der Waals surface area contributed by atoms with Crippen molar-refractivity contribution < 1.29 is 37.0 Å². The van der Waals surface area contributed by atoms with Gasteiger partial charge >= 0.3 is 6.36 Å². The van der Waals surface area contributed by atoms with Crippen LogP contribution in [0.2, 0.25) is 0 Å². The number of aromatic nitrogens is 2. The van der Waals surface area contributed by atoms with Gasteiger partial charge in [-0.1, -0.05) is 12.1 Å². The molecule has 1 saturated heterocycles. The highest BCUT2D eigenvalue weighted by molar-refractivity contribution is 6.04. The molecule has 2 aromatic heterocycles. The summed E-state index contributed by atoms with van der Waals surface area (Å²) in [6.07, 6.45) is -3.41. The van der Waals surface area contributed by atoms with Crippen LogP contribution < -0.4 is 19.5 Å². The number of carbonyl (C=O) groups excluding carboxylic acids is 2. The number of benzene rings is 3. The van der Waals surface area contributed by atoms with Gasteiger partial charge in [0.2, 0.25) is 5.88 Å². The summed E-state index contributed by atoms with van der Waals surface area (Å²) in [6.45, 7) is 3.65. The monoisotopic (exact) mass is 659 g/mol. The van der Waals surface area contributed by atoms with Crippen molar-refractivity contribution in [3.8, 4) is 23.1 Å². The third-order valence-electron chi connectivity index (χ3n) is 8.02. The zero-order valence-electron chi connectivity index (χ0n) is 26.2. The molecule has 3 aromatic carbocycles. The number of rotatable bonds is 9. The lowest BCUT2D eigenvalue weighted by Crippen LogP contribution is -2.48. The molecule has 1 aliphatic rings. The van der Waals surface area contributed by atoms with Gasteiger partial charge in [0, 0.05) is 62.3 Å². The number of amides is 2. The van der Waals surface area contributed by atoms with Crippen LogP contribution >= 0.6 is 0 Å². The van der Waals surface area contributed by atoms with Crippen LogP contribution in [0.25, 0.3) is 10.9 Å². The highest BCUT2D eigenvalue weighted by Gasteiger charge is 2.31. The molecule has 10 nitrogen and oxygen atoms in total. The molecule has 13 heteroatoms. The number of methoxy groups -OCH3 is 1. The minimum atomic E-state index is -4.81. The van der Waals surface area contributed by atoms with Gasteiger partial charge in [-0.25, -0.2) is 4.98 Å². The molecule has 2 amide bonds. The molecule has 0 spiro atoms. The van der Waals surface area contributed by atoms with Gasteiger partial charge in [-0.05, 0) is 72.3 Å². The Morgan fingerprint density at radius 3 is 2.19 bits per heavy atom. The zero-order chi connectivity index (χ0) is 33.8. The second-order valence-corrected chi connectivity index (χ2v) is 11.2. The molecule has 1 N–H and O–H groups in total. The molecule has 0 atom stereocenters. The molecule has 5 aromatic rings. The Morgan fingerprint density at radius 2 is 1.54 bits per heavy atom. The van der Waals surface area contributed by atoms with Crippen molar-refractivity contribution in [1.29, 1.82) is 0 Å². The average Bonchev–Trinajstić information content (AvgIpc) is 3.40. The fraction of sp³-hybridized carbons (Fsp3) is 0.229. The molecule has 1 fully saturated rings. The van der Waals surface area contributed by atoms with Crippen LogP contribution in [0.4, 0.5) is 18.9 Å². The molecule has 0 radical (unpaired) electrons. The maximum atomic E-state index is 13.5. The van der Waals surface area contributed by atoms with Crippen LogP contribution in [0.5, 0.6) is 23.1 Å². The van der Waals surface area contributed by atoms with Crippen LogP contribution in [0.3, 0.4) is 0 Å². The number of hydrogen-bond acceptors (Lipinski definition) is 7. The maximum Gasteiger partial charge on any atom is 0.573 e. The first-order valence-electron chi connectivity index (χ1n) is 15.1. The van der Waals surface area contributed by atoms with E-state index in [4.69, 9.17) is 9.47 Å². The molecule has 6 rings (SSSR count). The zero-order valence-corrected chi connectivity index (χ0v) is 26.2. The number of nitrogens with one attached hydrogen (secondary N) is 1. The highest BCUT2D eigenvalue weighted by Crippen LogP contribution is 2.28. The number of piperazine rings is 1. The van der Waals surface area contributed by atoms with E-state index in [-0.39, 0.29) is 17.4 Å². The van der Waals surface area contributed by atoms with E-state index in [0.717, 1.165) is 48.4 Å². The molecule has 0 bridgehead atoms. The number of hydrogen-bond donors (Lipinski definition) is 1. The molecular formula is C35H32F3N5O5. The topological polar surface area (TPSA) is 98.2 Å². The normalized spacial score (nSPS) is 13.7. The SMILES string of the molecule is COc1ccc(CN2CCN(C(=O)c3cc4cc(Oc5ccc(NC(=O)c6ccc(OC(F)(F)F)cc6)cn5)ccc4n3C)CC2)cc1. The number of aryl methyl sites for hydroxylation is 1. The first-order chi connectivity index (χ1) is 23.0. The minimum Gasteiger partial charge on any atom is -0.497 e. The van der Waals surface area contributed by atoms with Crippen molar-refractivity contribution in [2.24, 2.45) is 7.05 Å². The van der Waals surface area contributed by atoms with E-state index in [9.17, 15) is 22.8 Å². The van der Waals surface area contributed by atoms with Gasteiger partial charge in [0.15, 0.2) is 0 Å². The van der Waals surface area contributed by atoms with E-state index in [1.165, 1.54) is 23.9 Å². The van der Waals surface area contributed by atoms with Crippen molar-refractivity contribution in [3.05, 3.63) is 108 Å². The number of pyridine rings is 1. The smallest absolute Gasteiger partial charge is 0.497 e. The van der Waals surface area contributed by atoms with Gasteiger partial charge in [-0.3, -0.25) is 14.5 Å². The lowest BCUT2D eigenvalue weighted by Gasteiger charge is -2.34. The predicted molar refractivity (Wildman–Crippen MR) is 172 cm³/mol.